The minimum Gasteiger partial charge on any atom is -0.340 e. The van der Waals surface area contributed by atoms with Gasteiger partial charge in [-0.1, -0.05) is 41.9 Å². The van der Waals surface area contributed by atoms with Crippen molar-refractivity contribution in [3.8, 4) is 0 Å². The number of H-pyrrole nitrogens is 1. The van der Waals surface area contributed by atoms with Crippen molar-refractivity contribution in [1.29, 1.82) is 0 Å². The molecule has 12 heteroatoms. The van der Waals surface area contributed by atoms with Gasteiger partial charge in [0, 0.05) is 29.3 Å². The smallest absolute Gasteiger partial charge is 0.248 e. The molecule has 0 aliphatic carbocycles. The number of benzene rings is 2. The minimum atomic E-state index is -0.863. The topological polar surface area (TPSA) is 139 Å². The van der Waals surface area contributed by atoms with Gasteiger partial charge in [0.2, 0.25) is 11.8 Å². The first-order valence-corrected chi connectivity index (χ1v) is 11.7. The van der Waals surface area contributed by atoms with E-state index in [1.807, 2.05) is 30.3 Å². The number of hydrogen-bond acceptors (Lipinski definition) is 8. The predicted octanol–water partition coefficient (Wildman–Crippen LogP) is 2.76. The summed E-state index contributed by atoms with van der Waals surface area (Å²) < 4.78 is 0. The molecule has 2 aromatic heterocycles. The molecule has 1 aliphatic rings. The number of halogens is 1. The summed E-state index contributed by atoms with van der Waals surface area (Å²) in [7, 11) is 0. The number of hydrazine groups is 2. The molecule has 0 saturated carbocycles. The largest absolute Gasteiger partial charge is 0.340 e. The molecule has 11 nitrogen and oxygen atoms in total. The van der Waals surface area contributed by atoms with Crippen molar-refractivity contribution < 1.29 is 9.59 Å². The first-order chi connectivity index (χ1) is 18.1. The molecular weight excluding hydrogens is 494 g/mol. The van der Waals surface area contributed by atoms with Crippen LogP contribution >= 0.6 is 11.6 Å². The second-order valence-corrected chi connectivity index (χ2v) is 8.52. The van der Waals surface area contributed by atoms with Gasteiger partial charge in [-0.05, 0) is 42.0 Å². The first kappa shape index (κ1) is 24.0. The summed E-state index contributed by atoms with van der Waals surface area (Å²) in [6.45, 7) is 0. The normalized spacial score (nSPS) is 13.6. The summed E-state index contributed by atoms with van der Waals surface area (Å²) >= 11 is 6.18. The Morgan fingerprint density at radius 2 is 1.97 bits per heavy atom. The predicted molar refractivity (Wildman–Crippen MR) is 142 cm³/mol. The van der Waals surface area contributed by atoms with Crippen LogP contribution in [0.5, 0.6) is 0 Å². The van der Waals surface area contributed by atoms with Crippen molar-refractivity contribution in [2.24, 2.45) is 5.10 Å². The summed E-state index contributed by atoms with van der Waals surface area (Å²) in [5.74, 6) is -0.514. The molecule has 0 radical (unpaired) electrons. The van der Waals surface area contributed by atoms with Crippen LogP contribution < -0.4 is 26.7 Å². The van der Waals surface area contributed by atoms with Crippen LogP contribution in [0.2, 0.25) is 5.02 Å². The molecule has 4 aromatic rings. The molecule has 2 aromatic carbocycles. The molecule has 1 aliphatic heterocycles. The van der Waals surface area contributed by atoms with Gasteiger partial charge in [0.15, 0.2) is 11.5 Å². The number of amides is 2. The van der Waals surface area contributed by atoms with Crippen molar-refractivity contribution >= 4 is 58.4 Å². The van der Waals surface area contributed by atoms with Crippen LogP contribution in [0, 0.1) is 0 Å². The van der Waals surface area contributed by atoms with E-state index in [9.17, 15) is 9.59 Å². The number of anilines is 2. The molecular formula is C25H22ClN9O2. The molecule has 0 unspecified atom stereocenters. The SMILES string of the molecule is O=C(/C=C/c1cc(Cl)ccc1N1C=NNN1)N[C@@H](Cc1ccccc1)C(=O)Nc1n[nH]c2ncccc12. The molecule has 0 spiro atoms. The Balaban J connectivity index is 1.34. The molecule has 0 bridgehead atoms. The second kappa shape index (κ2) is 10.9. The maximum Gasteiger partial charge on any atom is 0.248 e. The van der Waals surface area contributed by atoms with Crippen molar-refractivity contribution in [2.45, 2.75) is 12.5 Å². The Hall–Kier alpha value is -4.74. The number of fused-ring (bicyclic) bond motifs is 1. The second-order valence-electron chi connectivity index (χ2n) is 8.09. The Kier molecular flexibility index (Phi) is 7.06. The number of carbonyl (C=O) groups excluding carboxylic acids is 2. The number of aromatic amines is 1. The van der Waals surface area contributed by atoms with Gasteiger partial charge in [-0.15, -0.1) is 5.53 Å². The van der Waals surface area contributed by atoms with Crippen LogP contribution in [-0.2, 0) is 16.0 Å². The lowest BCUT2D eigenvalue weighted by Gasteiger charge is -2.18. The average molecular weight is 516 g/mol. The fraction of sp³-hybridized carbons (Fsp3) is 0.0800. The minimum absolute atomic E-state index is 0.287. The molecule has 5 rings (SSSR count). The van der Waals surface area contributed by atoms with Crippen LogP contribution in [0.25, 0.3) is 17.1 Å². The highest BCUT2D eigenvalue weighted by atomic mass is 35.5. The number of hydrogen-bond donors (Lipinski definition) is 5. The molecule has 2 amide bonds. The van der Waals surface area contributed by atoms with Gasteiger partial charge in [-0.3, -0.25) is 14.7 Å². The number of pyridine rings is 1. The summed E-state index contributed by atoms with van der Waals surface area (Å²) in [6.07, 6.45) is 6.44. The van der Waals surface area contributed by atoms with Crippen LogP contribution in [0.3, 0.4) is 0 Å². The lowest BCUT2D eigenvalue weighted by Crippen LogP contribution is -2.44. The van der Waals surface area contributed by atoms with E-state index in [2.05, 4.69) is 42.0 Å². The lowest BCUT2D eigenvalue weighted by molar-refractivity contribution is -0.123. The monoisotopic (exact) mass is 515 g/mol. The fourth-order valence-electron chi connectivity index (χ4n) is 3.80. The Bertz CT molecular complexity index is 1490. The molecule has 1 atom stereocenters. The first-order valence-electron chi connectivity index (χ1n) is 11.3. The number of rotatable bonds is 8. The van der Waals surface area contributed by atoms with Crippen LogP contribution in [0.4, 0.5) is 11.5 Å². The quantitative estimate of drug-likeness (QED) is 0.227. The Labute approximate surface area is 216 Å². The van der Waals surface area contributed by atoms with E-state index >= 15 is 0 Å². The molecule has 37 heavy (non-hydrogen) atoms. The van der Waals surface area contributed by atoms with E-state index in [0.717, 1.165) is 11.3 Å². The van der Waals surface area contributed by atoms with E-state index in [1.165, 1.54) is 6.08 Å². The number of hydrazone groups is 1. The highest BCUT2D eigenvalue weighted by Crippen LogP contribution is 2.25. The number of nitrogens with zero attached hydrogens (tertiary/aromatic N) is 4. The third kappa shape index (κ3) is 5.74. The highest BCUT2D eigenvalue weighted by molar-refractivity contribution is 6.30. The van der Waals surface area contributed by atoms with Gasteiger partial charge in [0.25, 0.3) is 0 Å². The zero-order chi connectivity index (χ0) is 25.6. The van der Waals surface area contributed by atoms with Gasteiger partial charge in [-0.2, -0.15) is 10.2 Å². The third-order valence-electron chi connectivity index (χ3n) is 5.57. The zero-order valence-corrected chi connectivity index (χ0v) is 20.1. The maximum absolute atomic E-state index is 13.3. The third-order valence-corrected chi connectivity index (χ3v) is 5.80. The molecule has 0 saturated heterocycles. The number of carbonyl (C=O) groups is 2. The summed E-state index contributed by atoms with van der Waals surface area (Å²) in [5.41, 5.74) is 8.30. The van der Waals surface area contributed by atoms with Crippen LogP contribution in [0.1, 0.15) is 11.1 Å². The molecule has 0 fully saturated rings. The van der Waals surface area contributed by atoms with Gasteiger partial charge in [-0.25, -0.2) is 15.5 Å². The molecule has 186 valence electrons. The van der Waals surface area contributed by atoms with Crippen molar-refractivity contribution in [3.63, 3.8) is 0 Å². The number of aromatic nitrogens is 3. The fourth-order valence-corrected chi connectivity index (χ4v) is 3.98. The number of nitrogens with one attached hydrogen (secondary N) is 5. The van der Waals surface area contributed by atoms with Crippen molar-refractivity contribution in [1.82, 2.24) is 31.6 Å². The standard InChI is InChI=1S/C25H22ClN9O2/c26-18-9-10-21(35-15-28-33-34-35)17(14-18)8-11-22(36)29-20(13-16-5-2-1-3-6-16)25(37)30-24-19-7-4-12-27-23(19)31-32-24/h1-12,14-15,20,33-34H,13H2,(H,29,36)(H2,27,30,31,32,37)/b11-8+/t20-/m0/s1. The highest BCUT2D eigenvalue weighted by Gasteiger charge is 2.22. The zero-order valence-electron chi connectivity index (χ0n) is 19.4. The van der Waals surface area contributed by atoms with Crippen molar-refractivity contribution in [3.05, 3.63) is 89.1 Å². The van der Waals surface area contributed by atoms with E-state index in [4.69, 9.17) is 11.6 Å². The van der Waals surface area contributed by atoms with E-state index in [0.29, 0.717) is 27.4 Å². The Morgan fingerprint density at radius 1 is 1.11 bits per heavy atom. The summed E-state index contributed by atoms with van der Waals surface area (Å²) in [6, 6.07) is 17.4. The van der Waals surface area contributed by atoms with Gasteiger partial charge < -0.3 is 10.6 Å². The van der Waals surface area contributed by atoms with Gasteiger partial charge in [0.1, 0.15) is 12.4 Å². The van der Waals surface area contributed by atoms with E-state index in [-0.39, 0.29) is 6.42 Å². The average Bonchev–Trinajstić information content (AvgIpc) is 3.59. The Morgan fingerprint density at radius 3 is 2.78 bits per heavy atom. The van der Waals surface area contributed by atoms with Gasteiger partial charge >= 0.3 is 0 Å². The molecule has 5 N–H and O–H groups in total. The molecule has 3 heterocycles. The van der Waals surface area contributed by atoms with Crippen LogP contribution in [-0.4, -0.2) is 39.4 Å². The van der Waals surface area contributed by atoms with Gasteiger partial charge in [0.05, 0.1) is 11.1 Å². The van der Waals surface area contributed by atoms with Crippen LogP contribution in [0.15, 0.2) is 78.0 Å². The summed E-state index contributed by atoms with van der Waals surface area (Å²) in [4.78, 5) is 30.4. The van der Waals surface area contributed by atoms with Crippen molar-refractivity contribution in [2.75, 3.05) is 10.3 Å². The summed E-state index contributed by atoms with van der Waals surface area (Å²) in [5, 5.41) is 19.3. The van der Waals surface area contributed by atoms with E-state index in [1.54, 1.807) is 54.0 Å². The lowest BCUT2D eigenvalue weighted by atomic mass is 10.0. The maximum atomic E-state index is 13.3. The van der Waals surface area contributed by atoms with E-state index < -0.39 is 17.9 Å².